The van der Waals surface area contributed by atoms with Gasteiger partial charge in [0.2, 0.25) is 0 Å². The molecule has 2 atom stereocenters. The summed E-state index contributed by atoms with van der Waals surface area (Å²) in [5, 5.41) is 0. The van der Waals surface area contributed by atoms with Crippen LogP contribution in [0, 0.1) is 0 Å². The molecule has 6 heteroatoms. The molecule has 0 radical (unpaired) electrons. The van der Waals surface area contributed by atoms with Crippen molar-refractivity contribution in [1.82, 2.24) is 0 Å². The van der Waals surface area contributed by atoms with E-state index in [9.17, 15) is 0 Å². The first-order valence-corrected chi connectivity index (χ1v) is 9.03. The molecule has 2 rings (SSSR count). The highest BCUT2D eigenvalue weighted by atomic mass is 28.2. The molecule has 0 N–H and O–H groups in total. The Hall–Kier alpha value is 0.0169. The van der Waals surface area contributed by atoms with Crippen LogP contribution in [0.15, 0.2) is 0 Å². The van der Waals surface area contributed by atoms with Gasteiger partial charge in [-0.1, -0.05) is 6.92 Å². The van der Waals surface area contributed by atoms with Gasteiger partial charge >= 0.3 is 0 Å². The van der Waals surface area contributed by atoms with Crippen molar-refractivity contribution in [3.05, 3.63) is 0 Å². The largest absolute Gasteiger partial charge is 0.422 e. The van der Waals surface area contributed by atoms with Crippen molar-refractivity contribution in [2.24, 2.45) is 0 Å². The van der Waals surface area contributed by atoms with Gasteiger partial charge in [-0.15, -0.1) is 0 Å². The van der Waals surface area contributed by atoms with Gasteiger partial charge in [-0.25, -0.2) is 0 Å². The third-order valence-corrected chi connectivity index (χ3v) is 5.20. The molecule has 0 aromatic heterocycles. The Morgan fingerprint density at radius 2 is 1.48 bits per heavy atom. The van der Waals surface area contributed by atoms with Gasteiger partial charge in [0, 0.05) is 13.2 Å². The van der Waals surface area contributed by atoms with Gasteiger partial charge in [-0.2, -0.15) is 0 Å². The molecule has 0 aliphatic carbocycles. The molecule has 0 spiro atoms. The van der Waals surface area contributed by atoms with Gasteiger partial charge in [0.15, 0.2) is 0 Å². The maximum absolute atomic E-state index is 5.95. The van der Waals surface area contributed by atoms with Crippen LogP contribution in [0.25, 0.3) is 0 Å². The summed E-state index contributed by atoms with van der Waals surface area (Å²) >= 11 is 0. The molecule has 5 nitrogen and oxygen atoms in total. The Labute approximate surface area is 131 Å². The van der Waals surface area contributed by atoms with Gasteiger partial charge in [-0.05, 0) is 32.1 Å². The number of hydrogen-bond donors (Lipinski definition) is 0. The van der Waals surface area contributed by atoms with E-state index >= 15 is 0 Å². The van der Waals surface area contributed by atoms with Crippen molar-refractivity contribution in [3.63, 3.8) is 0 Å². The Kier molecular flexibility index (Phi) is 7.63. The highest BCUT2D eigenvalue weighted by Crippen LogP contribution is 2.27. The van der Waals surface area contributed by atoms with Crippen LogP contribution in [-0.4, -0.2) is 67.9 Å². The normalized spacial score (nSPS) is 26.7. The Balaban J connectivity index is 1.52. The summed E-state index contributed by atoms with van der Waals surface area (Å²) in [5.41, 5.74) is 0.0328. The van der Waals surface area contributed by atoms with Crippen LogP contribution in [0.5, 0.6) is 0 Å². The molecular formula is C15H30O5Si. The van der Waals surface area contributed by atoms with Crippen molar-refractivity contribution in [2.75, 3.05) is 39.6 Å². The summed E-state index contributed by atoms with van der Waals surface area (Å²) in [6.45, 7) is 7.07. The minimum absolute atomic E-state index is 0.0328. The third kappa shape index (κ3) is 7.21. The second kappa shape index (κ2) is 9.22. The zero-order chi connectivity index (χ0) is 15.0. The van der Waals surface area contributed by atoms with Crippen LogP contribution in [0.3, 0.4) is 0 Å². The molecule has 2 saturated heterocycles. The average Bonchev–Trinajstić information content (AvgIpc) is 3.38. The zero-order valence-electron chi connectivity index (χ0n) is 13.5. The number of epoxide rings is 2. The molecule has 0 aromatic carbocycles. The van der Waals surface area contributed by atoms with Crippen molar-refractivity contribution >= 4 is 10.5 Å². The second-order valence-electron chi connectivity index (χ2n) is 6.01. The molecule has 124 valence electrons. The van der Waals surface area contributed by atoms with Crippen molar-refractivity contribution < 1.29 is 23.4 Å². The summed E-state index contributed by atoms with van der Waals surface area (Å²) in [7, 11) is 0.787. The molecule has 2 aliphatic heterocycles. The van der Waals surface area contributed by atoms with E-state index in [1.807, 2.05) is 0 Å². The number of rotatable bonds is 14. The fraction of sp³-hybridized carbons (Fsp3) is 1.00. The predicted octanol–water partition coefficient (Wildman–Crippen LogP) is 0.823. The maximum atomic E-state index is 5.95. The van der Waals surface area contributed by atoms with Crippen LogP contribution in [0.2, 0.25) is 0 Å². The molecule has 0 aromatic rings. The summed E-state index contributed by atoms with van der Waals surface area (Å²) in [4.78, 5) is 0. The van der Waals surface area contributed by atoms with Gasteiger partial charge in [0.05, 0.1) is 32.0 Å². The third-order valence-electron chi connectivity index (χ3n) is 4.33. The lowest BCUT2D eigenvalue weighted by Gasteiger charge is -2.32. The topological polar surface area (TPSA) is 52.8 Å². The Morgan fingerprint density at radius 1 is 1.00 bits per heavy atom. The van der Waals surface area contributed by atoms with E-state index in [-0.39, 0.29) is 5.60 Å². The van der Waals surface area contributed by atoms with Crippen molar-refractivity contribution in [2.45, 2.75) is 56.8 Å². The van der Waals surface area contributed by atoms with Gasteiger partial charge < -0.3 is 23.4 Å². The predicted molar refractivity (Wildman–Crippen MR) is 83.6 cm³/mol. The standard InChI is InChI=1S/C15H30O5Si/c1-2-15(20-21,5-3-7-16-9-13-11-18-13)6-4-8-17-10-14-12-19-14/h13-14H,2-12H2,1,21H3. The second-order valence-corrected chi connectivity index (χ2v) is 6.42. The minimum atomic E-state index is 0.0328. The summed E-state index contributed by atoms with van der Waals surface area (Å²) in [6, 6.07) is 0. The number of hydrogen-bond acceptors (Lipinski definition) is 5. The molecule has 2 unspecified atom stereocenters. The fourth-order valence-electron chi connectivity index (χ4n) is 2.58. The van der Waals surface area contributed by atoms with E-state index in [0.717, 1.165) is 82.2 Å². The first-order chi connectivity index (χ1) is 10.3. The molecule has 0 bridgehead atoms. The minimum Gasteiger partial charge on any atom is -0.422 e. The maximum Gasteiger partial charge on any atom is 0.146 e. The first kappa shape index (κ1) is 17.4. The van der Waals surface area contributed by atoms with Gasteiger partial charge in [-0.3, -0.25) is 0 Å². The van der Waals surface area contributed by atoms with Crippen LogP contribution < -0.4 is 0 Å². The zero-order valence-corrected chi connectivity index (χ0v) is 15.5. The van der Waals surface area contributed by atoms with E-state index in [2.05, 4.69) is 6.92 Å². The summed E-state index contributed by atoms with van der Waals surface area (Å²) in [6.07, 6.45) is 6.05. The molecule has 0 amide bonds. The van der Waals surface area contributed by atoms with E-state index in [1.165, 1.54) is 0 Å². The lowest BCUT2D eigenvalue weighted by molar-refractivity contribution is 0.0256. The molecule has 2 heterocycles. The summed E-state index contributed by atoms with van der Waals surface area (Å²) < 4.78 is 27.4. The van der Waals surface area contributed by atoms with Gasteiger partial charge in [0.25, 0.3) is 0 Å². The lowest BCUT2D eigenvalue weighted by atomic mass is 9.90. The number of ether oxygens (including phenoxy) is 4. The fourth-order valence-corrected chi connectivity index (χ4v) is 3.27. The van der Waals surface area contributed by atoms with E-state index in [0.29, 0.717) is 12.2 Å². The average molecular weight is 318 g/mol. The van der Waals surface area contributed by atoms with Crippen molar-refractivity contribution in [1.29, 1.82) is 0 Å². The SMILES string of the molecule is CCC(CCCOCC1CO1)(CCCOCC1CO1)O[SiH3]. The molecule has 0 saturated carbocycles. The van der Waals surface area contributed by atoms with Crippen LogP contribution in [-0.2, 0) is 23.4 Å². The monoisotopic (exact) mass is 318 g/mol. The Morgan fingerprint density at radius 3 is 1.81 bits per heavy atom. The quantitative estimate of drug-likeness (QED) is 0.270. The highest BCUT2D eigenvalue weighted by molar-refractivity contribution is 5.98. The smallest absolute Gasteiger partial charge is 0.146 e. The van der Waals surface area contributed by atoms with Gasteiger partial charge in [0.1, 0.15) is 22.7 Å². The lowest BCUT2D eigenvalue weighted by Crippen LogP contribution is -2.32. The van der Waals surface area contributed by atoms with Crippen LogP contribution >= 0.6 is 0 Å². The van der Waals surface area contributed by atoms with Crippen LogP contribution in [0.4, 0.5) is 0 Å². The summed E-state index contributed by atoms with van der Waals surface area (Å²) in [5.74, 6) is 0. The molecule has 2 fully saturated rings. The molecule has 2 aliphatic rings. The van der Waals surface area contributed by atoms with E-state index in [1.54, 1.807) is 0 Å². The molecular weight excluding hydrogens is 288 g/mol. The molecule has 21 heavy (non-hydrogen) atoms. The van der Waals surface area contributed by atoms with Crippen LogP contribution in [0.1, 0.15) is 39.0 Å². The first-order valence-electron chi connectivity index (χ1n) is 8.22. The highest BCUT2D eigenvalue weighted by Gasteiger charge is 2.27. The Bertz CT molecular complexity index is 253. The van der Waals surface area contributed by atoms with Crippen molar-refractivity contribution in [3.8, 4) is 0 Å². The van der Waals surface area contributed by atoms with E-state index in [4.69, 9.17) is 23.4 Å². The van der Waals surface area contributed by atoms with E-state index < -0.39 is 0 Å².